The second kappa shape index (κ2) is 4.08. The predicted octanol–water partition coefficient (Wildman–Crippen LogP) is 0.889. The Morgan fingerprint density at radius 2 is 2.33 bits per heavy atom. The molecule has 1 N–H and O–H groups in total. The van der Waals surface area contributed by atoms with E-state index < -0.39 is 0 Å². The van der Waals surface area contributed by atoms with E-state index in [-0.39, 0.29) is 6.04 Å². The van der Waals surface area contributed by atoms with Crippen molar-refractivity contribution in [1.82, 2.24) is 25.3 Å². The fraction of sp³-hybridized carbons (Fsp3) is 0.444. The van der Waals surface area contributed by atoms with Crippen molar-refractivity contribution in [3.8, 4) is 0 Å². The van der Waals surface area contributed by atoms with Gasteiger partial charge in [0.15, 0.2) is 0 Å². The summed E-state index contributed by atoms with van der Waals surface area (Å²) >= 11 is 1.65. The monoisotopic (exact) mass is 223 g/mol. The first-order valence-electron chi connectivity index (χ1n) is 4.66. The second-order valence-corrected chi connectivity index (χ2v) is 4.36. The van der Waals surface area contributed by atoms with E-state index >= 15 is 0 Å². The topological polar surface area (TPSA) is 55.6 Å². The zero-order chi connectivity index (χ0) is 10.8. The highest BCUT2D eigenvalue weighted by molar-refractivity contribution is 7.09. The Balaban J connectivity index is 2.36. The number of hydrogen-bond acceptors (Lipinski definition) is 5. The highest BCUT2D eigenvalue weighted by Gasteiger charge is 2.18. The molecule has 0 bridgehead atoms. The van der Waals surface area contributed by atoms with Crippen LogP contribution < -0.4 is 5.32 Å². The van der Waals surface area contributed by atoms with Crippen LogP contribution in [0.2, 0.25) is 0 Å². The summed E-state index contributed by atoms with van der Waals surface area (Å²) in [6.45, 7) is 2.00. The lowest BCUT2D eigenvalue weighted by molar-refractivity contribution is 0.589. The third kappa shape index (κ3) is 1.91. The van der Waals surface area contributed by atoms with Crippen molar-refractivity contribution >= 4 is 11.3 Å². The summed E-state index contributed by atoms with van der Waals surface area (Å²) < 4.78 is 1.76. The molecule has 6 heteroatoms. The van der Waals surface area contributed by atoms with Crippen LogP contribution >= 0.6 is 11.3 Å². The van der Waals surface area contributed by atoms with Crippen LogP contribution in [-0.4, -0.2) is 27.0 Å². The van der Waals surface area contributed by atoms with E-state index in [1.54, 1.807) is 22.2 Å². The molecule has 0 radical (unpaired) electrons. The van der Waals surface area contributed by atoms with Crippen LogP contribution in [0.1, 0.15) is 22.4 Å². The van der Waals surface area contributed by atoms with Crippen LogP contribution in [0, 0.1) is 6.92 Å². The summed E-state index contributed by atoms with van der Waals surface area (Å²) in [7, 11) is 3.79. The number of nitrogens with zero attached hydrogens (tertiary/aromatic N) is 4. The summed E-state index contributed by atoms with van der Waals surface area (Å²) in [5.74, 6) is 0. The van der Waals surface area contributed by atoms with Crippen molar-refractivity contribution in [3.63, 3.8) is 0 Å². The lowest BCUT2D eigenvalue weighted by Crippen LogP contribution is -2.20. The van der Waals surface area contributed by atoms with Gasteiger partial charge in [-0.05, 0) is 14.0 Å². The maximum Gasteiger partial charge on any atom is 0.0944 e. The average Bonchev–Trinajstić information content (AvgIpc) is 2.79. The molecule has 0 fully saturated rings. The van der Waals surface area contributed by atoms with Gasteiger partial charge in [-0.1, -0.05) is 5.21 Å². The van der Waals surface area contributed by atoms with Crippen LogP contribution in [0.3, 0.4) is 0 Å². The van der Waals surface area contributed by atoms with E-state index in [1.807, 2.05) is 21.0 Å². The molecule has 1 unspecified atom stereocenters. The molecule has 0 saturated heterocycles. The summed E-state index contributed by atoms with van der Waals surface area (Å²) in [5, 5.41) is 14.1. The van der Waals surface area contributed by atoms with Crippen molar-refractivity contribution in [1.29, 1.82) is 0 Å². The minimum Gasteiger partial charge on any atom is -0.307 e. The van der Waals surface area contributed by atoms with E-state index in [0.29, 0.717) is 0 Å². The molecule has 1 atom stereocenters. The van der Waals surface area contributed by atoms with Crippen LogP contribution in [0.15, 0.2) is 11.6 Å². The summed E-state index contributed by atoms with van der Waals surface area (Å²) in [5.41, 5.74) is 2.04. The quantitative estimate of drug-likeness (QED) is 0.839. The molecule has 0 spiro atoms. The molecule has 0 amide bonds. The van der Waals surface area contributed by atoms with Gasteiger partial charge in [0.2, 0.25) is 0 Å². The maximum atomic E-state index is 4.47. The van der Waals surface area contributed by atoms with Gasteiger partial charge in [0.25, 0.3) is 0 Å². The number of hydrogen-bond donors (Lipinski definition) is 1. The minimum atomic E-state index is 0.0648. The highest BCUT2D eigenvalue weighted by atomic mass is 32.1. The Morgan fingerprint density at radius 1 is 1.53 bits per heavy atom. The molecule has 0 aliphatic carbocycles. The van der Waals surface area contributed by atoms with Gasteiger partial charge in [0.1, 0.15) is 0 Å². The van der Waals surface area contributed by atoms with Crippen LogP contribution in [0.5, 0.6) is 0 Å². The zero-order valence-corrected chi connectivity index (χ0v) is 9.75. The highest BCUT2D eigenvalue weighted by Crippen LogP contribution is 2.21. The maximum absolute atomic E-state index is 4.47. The fourth-order valence-corrected chi connectivity index (χ4v) is 2.16. The molecule has 2 rings (SSSR count). The van der Waals surface area contributed by atoms with Gasteiger partial charge in [-0.2, -0.15) is 0 Å². The van der Waals surface area contributed by atoms with Gasteiger partial charge in [0, 0.05) is 12.4 Å². The third-order valence-corrected chi connectivity index (χ3v) is 3.06. The van der Waals surface area contributed by atoms with Crippen molar-refractivity contribution < 1.29 is 0 Å². The van der Waals surface area contributed by atoms with E-state index in [2.05, 4.69) is 26.0 Å². The molecule has 0 aliphatic heterocycles. The molecule has 5 nitrogen and oxygen atoms in total. The normalized spacial score (nSPS) is 13.0. The SMILES string of the molecule is CNC(c1csc(C)n1)c1cnnn1C. The van der Waals surface area contributed by atoms with Gasteiger partial charge in [-0.3, -0.25) is 4.68 Å². The smallest absolute Gasteiger partial charge is 0.0944 e. The lowest BCUT2D eigenvalue weighted by Gasteiger charge is -2.12. The molecule has 0 saturated carbocycles. The summed E-state index contributed by atoms with van der Waals surface area (Å²) in [6.07, 6.45) is 1.76. The van der Waals surface area contributed by atoms with Crippen molar-refractivity contribution in [3.05, 3.63) is 28.0 Å². The molecular weight excluding hydrogens is 210 g/mol. The molecular formula is C9H13N5S. The first kappa shape index (κ1) is 10.3. The van der Waals surface area contributed by atoms with Crippen LogP contribution in [0.25, 0.3) is 0 Å². The Labute approximate surface area is 92.2 Å². The Hall–Kier alpha value is -1.27. The van der Waals surface area contributed by atoms with Crippen molar-refractivity contribution in [2.24, 2.45) is 7.05 Å². The molecule has 0 aliphatic rings. The van der Waals surface area contributed by atoms with Gasteiger partial charge >= 0.3 is 0 Å². The number of thiazole rings is 1. The minimum absolute atomic E-state index is 0.0648. The van der Waals surface area contributed by atoms with Gasteiger partial charge in [0.05, 0.1) is 28.6 Å². The van der Waals surface area contributed by atoms with Gasteiger partial charge < -0.3 is 5.32 Å². The van der Waals surface area contributed by atoms with E-state index in [0.717, 1.165) is 16.4 Å². The van der Waals surface area contributed by atoms with E-state index in [9.17, 15) is 0 Å². The third-order valence-electron chi connectivity index (χ3n) is 2.27. The molecule has 2 heterocycles. The molecule has 80 valence electrons. The van der Waals surface area contributed by atoms with Crippen molar-refractivity contribution in [2.75, 3.05) is 7.05 Å². The Bertz CT molecular complexity index is 447. The average molecular weight is 223 g/mol. The molecule has 2 aromatic heterocycles. The zero-order valence-electron chi connectivity index (χ0n) is 8.93. The predicted molar refractivity (Wildman–Crippen MR) is 58.8 cm³/mol. The first-order chi connectivity index (χ1) is 7.22. The van der Waals surface area contributed by atoms with E-state index in [4.69, 9.17) is 0 Å². The molecule has 15 heavy (non-hydrogen) atoms. The van der Waals surface area contributed by atoms with Gasteiger partial charge in [-0.15, -0.1) is 16.4 Å². The number of rotatable bonds is 3. The Morgan fingerprint density at radius 3 is 2.80 bits per heavy atom. The molecule has 0 aromatic carbocycles. The fourth-order valence-electron chi connectivity index (χ4n) is 1.52. The number of nitrogens with one attached hydrogen (secondary N) is 1. The van der Waals surface area contributed by atoms with Crippen molar-refractivity contribution in [2.45, 2.75) is 13.0 Å². The summed E-state index contributed by atoms with van der Waals surface area (Å²) in [6, 6.07) is 0.0648. The number of aromatic nitrogens is 4. The summed E-state index contributed by atoms with van der Waals surface area (Å²) in [4.78, 5) is 4.47. The largest absolute Gasteiger partial charge is 0.307 e. The van der Waals surface area contributed by atoms with Crippen LogP contribution in [0.4, 0.5) is 0 Å². The lowest BCUT2D eigenvalue weighted by atomic mass is 10.2. The number of aryl methyl sites for hydroxylation is 2. The van der Waals surface area contributed by atoms with Gasteiger partial charge in [-0.25, -0.2) is 4.98 Å². The van der Waals surface area contributed by atoms with E-state index in [1.165, 1.54) is 0 Å². The second-order valence-electron chi connectivity index (χ2n) is 3.30. The first-order valence-corrected chi connectivity index (χ1v) is 5.54. The Kier molecular flexibility index (Phi) is 2.79. The molecule has 2 aromatic rings. The van der Waals surface area contributed by atoms with Crippen LogP contribution in [-0.2, 0) is 7.05 Å². The standard InChI is InChI=1S/C9H13N5S/c1-6-12-7(5-15-6)9(10-2)8-4-11-13-14(8)3/h4-5,9-10H,1-3H3.